The second-order valence-corrected chi connectivity index (χ2v) is 10.5. The maximum Gasteiger partial charge on any atom is 0.342 e. The normalized spacial score (nSPS) is 13.9. The van der Waals surface area contributed by atoms with E-state index in [1.165, 1.54) is 19.2 Å². The molecule has 2 N–H and O–H groups in total. The smallest absolute Gasteiger partial charge is 0.342 e. The molecule has 35 heavy (non-hydrogen) atoms. The van der Waals surface area contributed by atoms with Gasteiger partial charge in [-0.05, 0) is 41.0 Å². The van der Waals surface area contributed by atoms with Gasteiger partial charge in [-0.25, -0.2) is 17.9 Å². The number of halogens is 2. The lowest BCUT2D eigenvalue weighted by Crippen LogP contribution is -2.54. The Morgan fingerprint density at radius 1 is 0.943 bits per heavy atom. The maximum absolute atomic E-state index is 12.7. The van der Waals surface area contributed by atoms with Gasteiger partial charge in [-0.15, -0.1) is 0 Å². The van der Waals surface area contributed by atoms with E-state index >= 15 is 0 Å². The van der Waals surface area contributed by atoms with Crippen molar-refractivity contribution in [3.05, 3.63) is 89.4 Å². The summed E-state index contributed by atoms with van der Waals surface area (Å²) in [5, 5.41) is 3.25. The third kappa shape index (κ3) is 6.41. The average molecular weight is 535 g/mol. The number of amides is 1. The van der Waals surface area contributed by atoms with Crippen molar-refractivity contribution in [3.63, 3.8) is 0 Å². The summed E-state index contributed by atoms with van der Waals surface area (Å²) in [7, 11) is -2.97. The minimum absolute atomic E-state index is 0.0914. The van der Waals surface area contributed by atoms with Crippen molar-refractivity contribution in [1.29, 1.82) is 0 Å². The van der Waals surface area contributed by atoms with E-state index in [0.29, 0.717) is 5.02 Å². The Morgan fingerprint density at radius 2 is 1.49 bits per heavy atom. The molecule has 2 atom stereocenters. The van der Waals surface area contributed by atoms with Gasteiger partial charge < -0.3 is 4.74 Å². The highest BCUT2D eigenvalue weighted by molar-refractivity contribution is 7.90. The second kappa shape index (κ2) is 11.2. The highest BCUT2D eigenvalue weighted by Crippen LogP contribution is 2.33. The molecule has 1 amide bonds. The molecular formula is C25H24Cl2N2O5S. The maximum atomic E-state index is 12.7. The van der Waals surface area contributed by atoms with Gasteiger partial charge in [0.1, 0.15) is 0 Å². The van der Waals surface area contributed by atoms with Crippen molar-refractivity contribution < 1.29 is 22.7 Å². The van der Waals surface area contributed by atoms with Crippen LogP contribution in [0.1, 0.15) is 18.4 Å². The molecule has 0 fully saturated rings. The largest absolute Gasteiger partial charge is 0.467 e. The Balaban J connectivity index is 1.70. The number of alkyl halides is 1. The molecule has 0 aliphatic rings. The fourth-order valence-electron chi connectivity index (χ4n) is 3.44. The van der Waals surface area contributed by atoms with Crippen LogP contribution in [-0.2, 0) is 24.3 Å². The van der Waals surface area contributed by atoms with Gasteiger partial charge in [-0.3, -0.25) is 10.1 Å². The molecule has 3 rings (SSSR count). The molecule has 0 saturated heterocycles. The van der Waals surface area contributed by atoms with Crippen LogP contribution in [0, 0.1) is 0 Å². The number of esters is 1. The van der Waals surface area contributed by atoms with Crippen LogP contribution in [0.25, 0.3) is 11.1 Å². The van der Waals surface area contributed by atoms with E-state index in [1.54, 1.807) is 55.5 Å². The first-order valence-electron chi connectivity index (χ1n) is 10.6. The molecule has 0 radical (unpaired) electrons. The van der Waals surface area contributed by atoms with E-state index in [9.17, 15) is 18.0 Å². The fourth-order valence-corrected chi connectivity index (χ4v) is 4.82. The minimum atomic E-state index is -4.15. The molecule has 0 spiro atoms. The summed E-state index contributed by atoms with van der Waals surface area (Å²) < 4.78 is 32.2. The lowest BCUT2D eigenvalue weighted by atomic mass is 9.92. The zero-order valence-electron chi connectivity index (χ0n) is 19.0. The molecule has 184 valence electrons. The van der Waals surface area contributed by atoms with Gasteiger partial charge in [0.05, 0.1) is 18.6 Å². The van der Waals surface area contributed by atoms with Crippen molar-refractivity contribution in [2.24, 2.45) is 0 Å². The van der Waals surface area contributed by atoms with Crippen LogP contribution >= 0.6 is 23.2 Å². The molecule has 3 aromatic carbocycles. The van der Waals surface area contributed by atoms with Gasteiger partial charge in [0.2, 0.25) is 5.91 Å². The van der Waals surface area contributed by atoms with Crippen LogP contribution in [0.4, 0.5) is 0 Å². The van der Waals surface area contributed by atoms with Crippen LogP contribution in [-0.4, -0.2) is 38.9 Å². The first kappa shape index (κ1) is 26.7. The molecular weight excluding hydrogens is 511 g/mol. The van der Waals surface area contributed by atoms with Crippen molar-refractivity contribution in [2.75, 3.05) is 13.7 Å². The lowest BCUT2D eigenvalue weighted by molar-refractivity contribution is -0.145. The van der Waals surface area contributed by atoms with E-state index in [4.69, 9.17) is 27.9 Å². The van der Waals surface area contributed by atoms with Crippen LogP contribution in [0.15, 0.2) is 83.8 Å². The molecule has 0 aromatic heterocycles. The summed E-state index contributed by atoms with van der Waals surface area (Å²) in [6.07, 6.45) is 0. The monoisotopic (exact) mass is 534 g/mol. The number of carbonyl (C=O) groups is 2. The van der Waals surface area contributed by atoms with Crippen molar-refractivity contribution in [3.8, 4) is 11.1 Å². The SMILES string of the molecule is COC(=O)[C@@](Cl)(NCC(=O)NS(=O)(=O)c1ccc(-c2ccc(Cl)cc2)cc1)[C@@H](C)c1ccccc1. The molecule has 3 aromatic rings. The first-order chi connectivity index (χ1) is 16.6. The van der Waals surface area contributed by atoms with Crippen molar-refractivity contribution >= 4 is 45.1 Å². The second-order valence-electron chi connectivity index (χ2n) is 7.75. The van der Waals surface area contributed by atoms with Crippen LogP contribution < -0.4 is 10.0 Å². The summed E-state index contributed by atoms with van der Waals surface area (Å²) in [5.41, 5.74) is 2.38. The highest BCUT2D eigenvalue weighted by Gasteiger charge is 2.44. The zero-order chi connectivity index (χ0) is 25.6. The fraction of sp³-hybridized carbons (Fsp3) is 0.200. The van der Waals surface area contributed by atoms with Crippen LogP contribution in [0.5, 0.6) is 0 Å². The molecule has 0 unspecified atom stereocenters. The number of benzene rings is 3. The average Bonchev–Trinajstić information content (AvgIpc) is 2.87. The predicted molar refractivity (Wildman–Crippen MR) is 136 cm³/mol. The number of nitrogens with one attached hydrogen (secondary N) is 2. The molecule has 0 bridgehead atoms. The van der Waals surface area contributed by atoms with Crippen LogP contribution in [0.2, 0.25) is 5.02 Å². The predicted octanol–water partition coefficient (Wildman–Crippen LogP) is 4.31. The molecule has 0 heterocycles. The number of sulfonamides is 1. The lowest BCUT2D eigenvalue weighted by Gasteiger charge is -2.31. The molecule has 0 aliphatic carbocycles. The van der Waals surface area contributed by atoms with Gasteiger partial charge in [0, 0.05) is 10.9 Å². The number of ether oxygens (including phenoxy) is 1. The van der Waals surface area contributed by atoms with E-state index in [1.807, 2.05) is 22.9 Å². The highest BCUT2D eigenvalue weighted by atomic mass is 35.5. The van der Waals surface area contributed by atoms with Gasteiger partial charge in [0.25, 0.3) is 10.0 Å². The third-order valence-corrected chi connectivity index (χ3v) is 7.73. The summed E-state index contributed by atoms with van der Waals surface area (Å²) >= 11 is 12.5. The Bertz CT molecular complexity index is 1280. The summed E-state index contributed by atoms with van der Waals surface area (Å²) in [5.74, 6) is -2.28. The molecule has 0 aliphatic heterocycles. The van der Waals surface area contributed by atoms with Crippen LogP contribution in [0.3, 0.4) is 0 Å². The molecule has 7 nitrogen and oxygen atoms in total. The molecule has 0 saturated carbocycles. The minimum Gasteiger partial charge on any atom is -0.467 e. The van der Waals surface area contributed by atoms with Crippen molar-refractivity contribution in [2.45, 2.75) is 22.7 Å². The molecule has 10 heteroatoms. The van der Waals surface area contributed by atoms with Crippen molar-refractivity contribution in [1.82, 2.24) is 10.0 Å². The van der Waals surface area contributed by atoms with E-state index in [0.717, 1.165) is 16.7 Å². The number of methoxy groups -OCH3 is 1. The summed E-state index contributed by atoms with van der Waals surface area (Å²) in [6, 6.07) is 22.1. The van der Waals surface area contributed by atoms with E-state index in [-0.39, 0.29) is 4.90 Å². The van der Waals surface area contributed by atoms with E-state index in [2.05, 4.69) is 5.32 Å². The number of carbonyl (C=O) groups excluding carboxylic acids is 2. The Morgan fingerprint density at radius 3 is 2.03 bits per heavy atom. The zero-order valence-corrected chi connectivity index (χ0v) is 21.3. The van der Waals surface area contributed by atoms with Gasteiger partial charge in [-0.1, -0.05) is 84.7 Å². The topological polar surface area (TPSA) is 102 Å². The summed E-state index contributed by atoms with van der Waals surface area (Å²) in [6.45, 7) is 1.15. The Labute approximate surface area is 214 Å². The number of hydrogen-bond donors (Lipinski definition) is 2. The van der Waals surface area contributed by atoms with Gasteiger partial charge >= 0.3 is 5.97 Å². The Kier molecular flexibility index (Phi) is 8.56. The number of rotatable bonds is 9. The van der Waals surface area contributed by atoms with Gasteiger partial charge in [-0.2, -0.15) is 0 Å². The summed E-state index contributed by atoms with van der Waals surface area (Å²) in [4.78, 5) is 23.1. The number of hydrogen-bond acceptors (Lipinski definition) is 6. The van der Waals surface area contributed by atoms with Gasteiger partial charge in [0.15, 0.2) is 5.00 Å². The van der Waals surface area contributed by atoms with E-state index < -0.39 is 39.4 Å². The Hall–Kier alpha value is -2.91. The quantitative estimate of drug-likeness (QED) is 0.241. The standard InChI is InChI=1S/C25H24Cl2N2O5S/c1-17(18-6-4-3-5-7-18)25(27,24(31)34-2)28-16-23(30)29-35(32,33)22-14-10-20(11-15-22)19-8-12-21(26)13-9-19/h3-15,17,28H,16H2,1-2H3,(H,29,30)/t17-,25-/m0/s1. The first-order valence-corrected chi connectivity index (χ1v) is 12.8. The third-order valence-electron chi connectivity index (χ3n) is 5.48.